The molecule has 74 valence electrons. The molecule has 0 N–H and O–H groups in total. The summed E-state index contributed by atoms with van der Waals surface area (Å²) in [6.07, 6.45) is 2.30. The van der Waals surface area contributed by atoms with Crippen molar-refractivity contribution >= 4 is 16.2 Å². The van der Waals surface area contributed by atoms with Gasteiger partial charge in [-0.15, -0.1) is 0 Å². The predicted molar refractivity (Wildman–Crippen MR) is 53.4 cm³/mol. The molecule has 0 unspecified atom stereocenters. The van der Waals surface area contributed by atoms with Crippen LogP contribution in [-0.2, 0) is 10.0 Å². The molecule has 0 amide bonds. The van der Waals surface area contributed by atoms with Crippen LogP contribution in [-0.4, -0.2) is 25.6 Å². The second kappa shape index (κ2) is 3.42. The molecule has 0 radical (unpaired) electrons. The van der Waals surface area contributed by atoms with Gasteiger partial charge in [-0.25, -0.2) is 0 Å². The monoisotopic (exact) mass is 210 g/mol. The van der Waals surface area contributed by atoms with Crippen molar-refractivity contribution in [1.29, 1.82) is 0 Å². The van der Waals surface area contributed by atoms with E-state index in [2.05, 4.69) is 5.10 Å². The second-order valence-electron chi connectivity index (χ2n) is 2.95. The number of nitrogens with zero attached hydrogens (tertiary/aromatic N) is 2. The molecule has 0 aliphatic carbocycles. The van der Waals surface area contributed by atoms with Crippen LogP contribution in [0, 0.1) is 0 Å². The van der Waals surface area contributed by atoms with Gasteiger partial charge in [0.1, 0.15) is 0 Å². The highest BCUT2D eigenvalue weighted by Gasteiger charge is 2.23. The van der Waals surface area contributed by atoms with Crippen LogP contribution in [0.1, 0.15) is 6.42 Å². The molecule has 0 aromatic heterocycles. The van der Waals surface area contributed by atoms with Gasteiger partial charge in [-0.3, -0.25) is 0 Å². The molecule has 1 heterocycles. The van der Waals surface area contributed by atoms with Crippen molar-refractivity contribution in [3.63, 3.8) is 0 Å². The molecule has 1 aromatic rings. The average molecular weight is 210 g/mol. The first-order valence-electron chi connectivity index (χ1n) is 4.31. The Balaban J connectivity index is 2.38. The smallest absolute Gasteiger partial charge is 0.200 e. The van der Waals surface area contributed by atoms with Crippen molar-refractivity contribution in [2.24, 2.45) is 5.10 Å². The third-order valence-corrected chi connectivity index (χ3v) is 3.68. The zero-order chi connectivity index (χ0) is 10.0. The maximum absolute atomic E-state index is 11.8. The Kier molecular flexibility index (Phi) is 2.25. The number of rotatable bonds is 2. The molecule has 0 saturated heterocycles. The van der Waals surface area contributed by atoms with Gasteiger partial charge in [0, 0.05) is 12.6 Å². The number of sulfonamides is 1. The highest BCUT2D eigenvalue weighted by atomic mass is 32.2. The summed E-state index contributed by atoms with van der Waals surface area (Å²) in [5.41, 5.74) is 0. The van der Waals surface area contributed by atoms with Crippen LogP contribution < -0.4 is 0 Å². The van der Waals surface area contributed by atoms with E-state index in [4.69, 9.17) is 0 Å². The standard InChI is InChI=1S/C9H10N2O2S/c12-14(13,11-8-4-7-10-11)9-5-2-1-3-6-9/h1-3,5-7H,4,8H2. The van der Waals surface area contributed by atoms with Crippen LogP contribution in [0.25, 0.3) is 0 Å². The summed E-state index contributed by atoms with van der Waals surface area (Å²) >= 11 is 0. The third-order valence-electron chi connectivity index (χ3n) is 1.98. The van der Waals surface area contributed by atoms with Gasteiger partial charge >= 0.3 is 0 Å². The van der Waals surface area contributed by atoms with Gasteiger partial charge in [-0.2, -0.15) is 17.9 Å². The lowest BCUT2D eigenvalue weighted by molar-refractivity contribution is 0.461. The van der Waals surface area contributed by atoms with Crippen molar-refractivity contribution in [2.75, 3.05) is 6.54 Å². The second-order valence-corrected chi connectivity index (χ2v) is 4.79. The van der Waals surface area contributed by atoms with Gasteiger partial charge in [0.25, 0.3) is 10.0 Å². The zero-order valence-electron chi connectivity index (χ0n) is 7.50. The normalized spacial score (nSPS) is 16.1. The van der Waals surface area contributed by atoms with E-state index < -0.39 is 10.0 Å². The summed E-state index contributed by atoms with van der Waals surface area (Å²) in [5.74, 6) is 0. The first kappa shape index (κ1) is 9.21. The van der Waals surface area contributed by atoms with Crippen molar-refractivity contribution in [2.45, 2.75) is 11.3 Å². The molecule has 0 bridgehead atoms. The first-order valence-corrected chi connectivity index (χ1v) is 5.75. The minimum Gasteiger partial charge on any atom is -0.200 e. The fraction of sp³-hybridized carbons (Fsp3) is 0.222. The van der Waals surface area contributed by atoms with Gasteiger partial charge in [0.2, 0.25) is 0 Å². The molecule has 2 rings (SSSR count). The van der Waals surface area contributed by atoms with Crippen LogP contribution in [0.2, 0.25) is 0 Å². The summed E-state index contributed by atoms with van der Waals surface area (Å²) in [6.45, 7) is 0.442. The van der Waals surface area contributed by atoms with E-state index >= 15 is 0 Å². The van der Waals surface area contributed by atoms with Gasteiger partial charge in [0.15, 0.2) is 0 Å². The Morgan fingerprint density at radius 1 is 1.21 bits per heavy atom. The lowest BCUT2D eigenvalue weighted by atomic mass is 10.4. The van der Waals surface area contributed by atoms with Gasteiger partial charge in [-0.1, -0.05) is 18.2 Å². The molecule has 4 nitrogen and oxygen atoms in total. The summed E-state index contributed by atoms with van der Waals surface area (Å²) in [4.78, 5) is 0.291. The maximum atomic E-state index is 11.8. The Hall–Kier alpha value is -1.36. The molecular weight excluding hydrogens is 200 g/mol. The minimum atomic E-state index is -3.40. The lowest BCUT2D eigenvalue weighted by Gasteiger charge is -2.13. The van der Waals surface area contributed by atoms with E-state index in [1.54, 1.807) is 36.5 Å². The number of hydrogen-bond acceptors (Lipinski definition) is 3. The Morgan fingerprint density at radius 2 is 1.93 bits per heavy atom. The van der Waals surface area contributed by atoms with E-state index in [1.165, 1.54) is 0 Å². The van der Waals surface area contributed by atoms with E-state index in [-0.39, 0.29) is 0 Å². The SMILES string of the molecule is O=S(=O)(c1ccccc1)N1CCC=N1. The molecule has 0 fully saturated rings. The number of benzene rings is 1. The Labute approximate surface area is 82.9 Å². The van der Waals surface area contributed by atoms with Crippen molar-refractivity contribution in [3.8, 4) is 0 Å². The molecular formula is C9H10N2O2S. The average Bonchev–Trinajstić information content (AvgIpc) is 2.72. The Bertz CT molecular complexity index is 439. The summed E-state index contributed by atoms with van der Waals surface area (Å²) < 4.78 is 24.8. The third kappa shape index (κ3) is 1.50. The molecule has 0 spiro atoms. The fourth-order valence-corrected chi connectivity index (χ4v) is 2.55. The van der Waals surface area contributed by atoms with Crippen LogP contribution in [0.4, 0.5) is 0 Å². The van der Waals surface area contributed by atoms with E-state index in [1.807, 2.05) is 0 Å². The predicted octanol–water partition coefficient (Wildman–Crippen LogP) is 1.07. The van der Waals surface area contributed by atoms with Crippen LogP contribution in [0.3, 0.4) is 0 Å². The summed E-state index contributed by atoms with van der Waals surface area (Å²) in [7, 11) is -3.40. The highest BCUT2D eigenvalue weighted by molar-refractivity contribution is 7.89. The van der Waals surface area contributed by atoms with Gasteiger partial charge in [-0.05, 0) is 12.1 Å². The van der Waals surface area contributed by atoms with Crippen LogP contribution in [0.5, 0.6) is 0 Å². The summed E-state index contributed by atoms with van der Waals surface area (Å²) in [5, 5.41) is 3.80. The van der Waals surface area contributed by atoms with Gasteiger partial charge < -0.3 is 0 Å². The van der Waals surface area contributed by atoms with Crippen LogP contribution >= 0.6 is 0 Å². The topological polar surface area (TPSA) is 49.7 Å². The zero-order valence-corrected chi connectivity index (χ0v) is 8.31. The maximum Gasteiger partial charge on any atom is 0.278 e. The van der Waals surface area contributed by atoms with Crippen molar-refractivity contribution in [1.82, 2.24) is 4.41 Å². The van der Waals surface area contributed by atoms with E-state index in [0.29, 0.717) is 17.9 Å². The van der Waals surface area contributed by atoms with Gasteiger partial charge in [0.05, 0.1) is 11.4 Å². The fourth-order valence-electron chi connectivity index (χ4n) is 1.27. The van der Waals surface area contributed by atoms with E-state index in [9.17, 15) is 8.42 Å². The molecule has 0 saturated carbocycles. The van der Waals surface area contributed by atoms with E-state index in [0.717, 1.165) is 4.41 Å². The Morgan fingerprint density at radius 3 is 2.50 bits per heavy atom. The first-order chi connectivity index (χ1) is 6.71. The molecule has 5 heteroatoms. The molecule has 0 atom stereocenters. The quantitative estimate of drug-likeness (QED) is 0.733. The molecule has 1 aliphatic rings. The lowest BCUT2D eigenvalue weighted by Crippen LogP contribution is -2.23. The van der Waals surface area contributed by atoms with Crippen molar-refractivity contribution < 1.29 is 8.42 Å². The molecule has 1 aromatic carbocycles. The number of hydrogen-bond donors (Lipinski definition) is 0. The molecule has 1 aliphatic heterocycles. The number of hydrazone groups is 1. The highest BCUT2D eigenvalue weighted by Crippen LogP contribution is 2.17. The summed E-state index contributed by atoms with van der Waals surface area (Å²) in [6, 6.07) is 8.33. The molecule has 14 heavy (non-hydrogen) atoms. The largest absolute Gasteiger partial charge is 0.278 e. The minimum absolute atomic E-state index is 0.291. The van der Waals surface area contributed by atoms with Crippen LogP contribution in [0.15, 0.2) is 40.3 Å². The van der Waals surface area contributed by atoms with Crippen molar-refractivity contribution in [3.05, 3.63) is 30.3 Å².